The van der Waals surface area contributed by atoms with Crippen LogP contribution in [0.5, 0.6) is 0 Å². The Hall–Kier alpha value is -1.96. The fraction of sp³-hybridized carbons (Fsp3) is 0.412. The maximum absolute atomic E-state index is 13.8. The zero-order chi connectivity index (χ0) is 17.0. The van der Waals surface area contributed by atoms with Crippen LogP contribution in [-0.2, 0) is 9.53 Å². The van der Waals surface area contributed by atoms with Gasteiger partial charge in [-0.2, -0.15) is 5.10 Å². The number of amides is 1. The summed E-state index contributed by atoms with van der Waals surface area (Å²) in [6.07, 6.45) is 4.56. The monoisotopic (exact) mass is 368 g/mol. The SMILES string of the molecule is COCC1(C(=O)Nc2cnn(-c3ccccc3F)c2)CCNCC1.Cl. The predicted molar refractivity (Wildman–Crippen MR) is 95.8 cm³/mol. The lowest BCUT2D eigenvalue weighted by Gasteiger charge is -2.35. The molecule has 0 bridgehead atoms. The van der Waals surface area contributed by atoms with Gasteiger partial charge in [-0.05, 0) is 38.1 Å². The highest BCUT2D eigenvalue weighted by atomic mass is 35.5. The van der Waals surface area contributed by atoms with Gasteiger partial charge >= 0.3 is 0 Å². The van der Waals surface area contributed by atoms with Gasteiger partial charge in [0.2, 0.25) is 5.91 Å². The molecular formula is C17H22ClFN4O2. The van der Waals surface area contributed by atoms with Crippen molar-refractivity contribution in [2.75, 3.05) is 32.1 Å². The molecule has 0 aliphatic carbocycles. The zero-order valence-electron chi connectivity index (χ0n) is 14.0. The van der Waals surface area contributed by atoms with Gasteiger partial charge in [0, 0.05) is 7.11 Å². The molecule has 0 spiro atoms. The van der Waals surface area contributed by atoms with Crippen molar-refractivity contribution in [2.24, 2.45) is 5.41 Å². The van der Waals surface area contributed by atoms with Crippen LogP contribution >= 0.6 is 12.4 Å². The highest BCUT2D eigenvalue weighted by Gasteiger charge is 2.39. The number of hydrogen-bond donors (Lipinski definition) is 2. The summed E-state index contributed by atoms with van der Waals surface area (Å²) in [5, 5.41) is 10.3. The van der Waals surface area contributed by atoms with Crippen LogP contribution in [0.4, 0.5) is 10.1 Å². The number of nitrogens with one attached hydrogen (secondary N) is 2. The summed E-state index contributed by atoms with van der Waals surface area (Å²) in [4.78, 5) is 12.8. The van der Waals surface area contributed by atoms with Crippen LogP contribution in [0.1, 0.15) is 12.8 Å². The third-order valence-corrected chi connectivity index (χ3v) is 4.40. The van der Waals surface area contributed by atoms with Crippen LogP contribution in [0.2, 0.25) is 0 Å². The van der Waals surface area contributed by atoms with Crippen LogP contribution in [-0.4, -0.2) is 42.5 Å². The molecule has 1 saturated heterocycles. The molecule has 136 valence electrons. The Bertz CT molecular complexity index is 711. The Labute approximate surface area is 152 Å². The van der Waals surface area contributed by atoms with Gasteiger partial charge in [0.05, 0.1) is 30.1 Å². The van der Waals surface area contributed by atoms with E-state index in [0.29, 0.717) is 30.8 Å². The summed E-state index contributed by atoms with van der Waals surface area (Å²) in [5.74, 6) is -0.452. The molecular weight excluding hydrogens is 347 g/mol. The molecule has 0 unspecified atom stereocenters. The van der Waals surface area contributed by atoms with Gasteiger partial charge in [0.1, 0.15) is 11.5 Å². The number of rotatable bonds is 5. The van der Waals surface area contributed by atoms with Gasteiger partial charge < -0.3 is 15.4 Å². The number of methoxy groups -OCH3 is 1. The Balaban J connectivity index is 0.00000225. The number of benzene rings is 1. The lowest BCUT2D eigenvalue weighted by atomic mass is 9.78. The van der Waals surface area contributed by atoms with Crippen LogP contribution < -0.4 is 10.6 Å². The summed E-state index contributed by atoms with van der Waals surface area (Å²) in [6.45, 7) is 1.94. The Morgan fingerprint density at radius 1 is 1.40 bits per heavy atom. The molecule has 1 amide bonds. The smallest absolute Gasteiger partial charge is 0.233 e. The summed E-state index contributed by atoms with van der Waals surface area (Å²) < 4.78 is 20.5. The van der Waals surface area contributed by atoms with E-state index < -0.39 is 5.41 Å². The molecule has 1 aliphatic rings. The number of piperidine rings is 1. The molecule has 8 heteroatoms. The minimum absolute atomic E-state index is 0. The normalized spacial score (nSPS) is 16.1. The molecule has 2 heterocycles. The fourth-order valence-electron chi connectivity index (χ4n) is 3.04. The lowest BCUT2D eigenvalue weighted by Crippen LogP contribution is -2.47. The second-order valence-corrected chi connectivity index (χ2v) is 6.04. The first kappa shape index (κ1) is 19.4. The van der Waals surface area contributed by atoms with Crippen molar-refractivity contribution in [3.05, 3.63) is 42.5 Å². The molecule has 1 aromatic carbocycles. The van der Waals surface area contributed by atoms with Crippen molar-refractivity contribution < 1.29 is 13.9 Å². The maximum Gasteiger partial charge on any atom is 0.233 e. The van der Waals surface area contributed by atoms with Crippen LogP contribution in [0, 0.1) is 11.2 Å². The number of halogens is 2. The molecule has 3 rings (SSSR count). The van der Waals surface area contributed by atoms with Crippen LogP contribution in [0.15, 0.2) is 36.7 Å². The first-order valence-electron chi connectivity index (χ1n) is 7.95. The molecule has 25 heavy (non-hydrogen) atoms. The minimum Gasteiger partial charge on any atom is -0.384 e. The number of para-hydroxylation sites is 1. The van der Waals surface area contributed by atoms with Crippen molar-refractivity contribution in [3.63, 3.8) is 0 Å². The average molecular weight is 369 g/mol. The van der Waals surface area contributed by atoms with E-state index in [2.05, 4.69) is 15.7 Å². The summed E-state index contributed by atoms with van der Waals surface area (Å²) in [7, 11) is 1.60. The Morgan fingerprint density at radius 3 is 2.80 bits per heavy atom. The number of hydrogen-bond acceptors (Lipinski definition) is 4. The third-order valence-electron chi connectivity index (χ3n) is 4.40. The quantitative estimate of drug-likeness (QED) is 0.850. The number of aromatic nitrogens is 2. The second kappa shape index (κ2) is 8.42. The van der Waals surface area contributed by atoms with Crippen LogP contribution in [0.25, 0.3) is 5.69 Å². The molecule has 2 aromatic rings. The molecule has 1 aromatic heterocycles. The van der Waals surface area contributed by atoms with Gasteiger partial charge in [-0.3, -0.25) is 4.79 Å². The van der Waals surface area contributed by atoms with E-state index in [0.717, 1.165) is 13.1 Å². The van der Waals surface area contributed by atoms with Crippen molar-refractivity contribution in [2.45, 2.75) is 12.8 Å². The molecule has 6 nitrogen and oxygen atoms in total. The van der Waals surface area contributed by atoms with Gasteiger partial charge in [-0.25, -0.2) is 9.07 Å². The van der Waals surface area contributed by atoms with E-state index in [4.69, 9.17) is 4.74 Å². The van der Waals surface area contributed by atoms with E-state index in [1.807, 2.05) is 0 Å². The number of ether oxygens (including phenoxy) is 1. The number of carbonyl (C=O) groups excluding carboxylic acids is 1. The molecule has 2 N–H and O–H groups in total. The van der Waals surface area contributed by atoms with Gasteiger partial charge in [-0.1, -0.05) is 12.1 Å². The molecule has 0 atom stereocenters. The van der Waals surface area contributed by atoms with Gasteiger partial charge in [0.25, 0.3) is 0 Å². The van der Waals surface area contributed by atoms with Crippen LogP contribution in [0.3, 0.4) is 0 Å². The maximum atomic E-state index is 13.8. The minimum atomic E-state index is -0.542. The molecule has 1 aliphatic heterocycles. The summed E-state index contributed by atoms with van der Waals surface area (Å²) in [5.41, 5.74) is 0.337. The number of anilines is 1. The standard InChI is InChI=1S/C17H21FN4O2.ClH/c1-24-12-17(6-8-19-9-7-17)16(23)21-13-10-20-22(11-13)15-5-3-2-4-14(15)18;/h2-5,10-11,19H,6-9,12H2,1H3,(H,21,23);1H. The summed E-state index contributed by atoms with van der Waals surface area (Å²) >= 11 is 0. The van der Waals surface area contributed by atoms with Crippen molar-refractivity contribution in [1.82, 2.24) is 15.1 Å². The Morgan fingerprint density at radius 2 is 2.12 bits per heavy atom. The van der Waals surface area contributed by atoms with Crippen molar-refractivity contribution in [3.8, 4) is 5.69 Å². The van der Waals surface area contributed by atoms with Gasteiger partial charge in [-0.15, -0.1) is 12.4 Å². The predicted octanol–water partition coefficient (Wildman–Crippen LogP) is 2.39. The van der Waals surface area contributed by atoms with Crippen molar-refractivity contribution >= 4 is 24.0 Å². The topological polar surface area (TPSA) is 68.2 Å². The third kappa shape index (κ3) is 4.18. The highest BCUT2D eigenvalue weighted by molar-refractivity contribution is 5.95. The van der Waals surface area contributed by atoms with Gasteiger partial charge in [0.15, 0.2) is 0 Å². The summed E-state index contributed by atoms with van der Waals surface area (Å²) in [6, 6.07) is 6.36. The first-order chi connectivity index (χ1) is 11.6. The fourth-order valence-corrected chi connectivity index (χ4v) is 3.04. The van der Waals surface area contributed by atoms with E-state index in [9.17, 15) is 9.18 Å². The molecule has 0 radical (unpaired) electrons. The highest BCUT2D eigenvalue weighted by Crippen LogP contribution is 2.31. The Kier molecular flexibility index (Phi) is 6.52. The number of carbonyl (C=O) groups is 1. The number of nitrogens with zero attached hydrogens (tertiary/aromatic N) is 2. The van der Waals surface area contributed by atoms with E-state index in [-0.39, 0.29) is 24.1 Å². The lowest BCUT2D eigenvalue weighted by molar-refractivity contribution is -0.130. The second-order valence-electron chi connectivity index (χ2n) is 6.04. The van der Waals surface area contributed by atoms with E-state index >= 15 is 0 Å². The largest absolute Gasteiger partial charge is 0.384 e. The average Bonchev–Trinajstić information content (AvgIpc) is 3.04. The first-order valence-corrected chi connectivity index (χ1v) is 7.95. The molecule has 0 saturated carbocycles. The van der Waals surface area contributed by atoms with E-state index in [1.165, 1.54) is 16.9 Å². The zero-order valence-corrected chi connectivity index (χ0v) is 14.8. The molecule has 1 fully saturated rings. The van der Waals surface area contributed by atoms with Crippen molar-refractivity contribution in [1.29, 1.82) is 0 Å². The van der Waals surface area contributed by atoms with E-state index in [1.54, 1.807) is 31.5 Å².